The number of fused-ring (bicyclic) bond motifs is 1. The summed E-state index contributed by atoms with van der Waals surface area (Å²) in [7, 11) is 0. The monoisotopic (exact) mass is 457 g/mol. The van der Waals surface area contributed by atoms with Gasteiger partial charge in [0.1, 0.15) is 5.82 Å². The Morgan fingerprint density at radius 3 is 2.29 bits per heavy atom. The highest BCUT2D eigenvalue weighted by Crippen LogP contribution is 2.34. The van der Waals surface area contributed by atoms with Gasteiger partial charge in [0, 0.05) is 38.3 Å². The fourth-order valence-corrected chi connectivity index (χ4v) is 4.92. The Labute approximate surface area is 199 Å². The molecular formula is C28H28FN3O2. The predicted molar refractivity (Wildman–Crippen MR) is 130 cm³/mol. The molecule has 5 rings (SSSR count). The topological polar surface area (TPSA) is 43.9 Å². The first kappa shape index (κ1) is 22.1. The second-order valence-electron chi connectivity index (χ2n) is 9.04. The minimum absolute atomic E-state index is 0.0162. The van der Waals surface area contributed by atoms with Crippen LogP contribution in [0.3, 0.4) is 0 Å². The second kappa shape index (κ2) is 9.29. The first-order valence-electron chi connectivity index (χ1n) is 11.7. The maximum absolute atomic E-state index is 14.2. The van der Waals surface area contributed by atoms with Crippen LogP contribution in [0.2, 0.25) is 0 Å². The van der Waals surface area contributed by atoms with Gasteiger partial charge in [-0.15, -0.1) is 0 Å². The van der Waals surface area contributed by atoms with Gasteiger partial charge in [0.25, 0.3) is 5.91 Å². The van der Waals surface area contributed by atoms with Gasteiger partial charge in [-0.3, -0.25) is 9.59 Å². The summed E-state index contributed by atoms with van der Waals surface area (Å²) >= 11 is 0. The normalized spacial score (nSPS) is 16.5. The molecule has 0 saturated carbocycles. The van der Waals surface area contributed by atoms with Crippen LogP contribution in [-0.2, 0) is 11.3 Å². The number of amides is 2. The maximum atomic E-state index is 14.2. The van der Waals surface area contributed by atoms with Crippen LogP contribution in [0.15, 0.2) is 72.8 Å². The third-order valence-electron chi connectivity index (χ3n) is 6.88. The van der Waals surface area contributed by atoms with Crippen molar-refractivity contribution in [3.05, 3.63) is 101 Å². The fourth-order valence-electron chi connectivity index (χ4n) is 4.92. The van der Waals surface area contributed by atoms with Crippen LogP contribution in [0.5, 0.6) is 0 Å². The lowest BCUT2D eigenvalue weighted by atomic mass is 9.99. The predicted octanol–water partition coefficient (Wildman–Crippen LogP) is 4.57. The molecule has 174 valence electrons. The van der Waals surface area contributed by atoms with Crippen LogP contribution in [0.25, 0.3) is 0 Å². The zero-order chi connectivity index (χ0) is 23.7. The molecule has 1 fully saturated rings. The molecule has 2 heterocycles. The van der Waals surface area contributed by atoms with E-state index < -0.39 is 0 Å². The van der Waals surface area contributed by atoms with Gasteiger partial charge in [-0.1, -0.05) is 60.2 Å². The van der Waals surface area contributed by atoms with Crippen molar-refractivity contribution in [1.82, 2.24) is 9.80 Å². The number of benzene rings is 3. The van der Waals surface area contributed by atoms with Crippen LogP contribution in [0, 0.1) is 12.7 Å². The van der Waals surface area contributed by atoms with Gasteiger partial charge in [0.05, 0.1) is 18.2 Å². The number of piperazine rings is 1. The number of hydrogen-bond donors (Lipinski definition) is 0. The molecule has 2 aliphatic heterocycles. The highest BCUT2D eigenvalue weighted by Gasteiger charge is 2.35. The van der Waals surface area contributed by atoms with E-state index in [1.54, 1.807) is 12.1 Å². The number of nitrogens with zero attached hydrogens (tertiary/aromatic N) is 3. The largest absolute Gasteiger partial charge is 0.366 e. The molecule has 0 aliphatic carbocycles. The highest BCUT2D eigenvalue weighted by molar-refractivity contribution is 5.98. The number of anilines is 1. The van der Waals surface area contributed by atoms with Crippen molar-refractivity contribution in [2.45, 2.75) is 25.9 Å². The molecular weight excluding hydrogens is 429 g/mol. The molecule has 1 saturated heterocycles. The van der Waals surface area contributed by atoms with E-state index in [4.69, 9.17) is 0 Å². The zero-order valence-electron chi connectivity index (χ0n) is 19.3. The molecule has 0 spiro atoms. The zero-order valence-corrected chi connectivity index (χ0v) is 19.3. The summed E-state index contributed by atoms with van der Waals surface area (Å²) in [6.45, 7) is 4.74. The summed E-state index contributed by atoms with van der Waals surface area (Å²) in [6.07, 6.45) is 0.225. The van der Waals surface area contributed by atoms with Crippen molar-refractivity contribution in [2.75, 3.05) is 31.1 Å². The summed E-state index contributed by atoms with van der Waals surface area (Å²) in [5.41, 5.74) is 4.38. The minimum atomic E-state index is -0.336. The Kier molecular flexibility index (Phi) is 6.05. The number of aryl methyl sites for hydroxylation is 1. The molecule has 5 nitrogen and oxygen atoms in total. The third kappa shape index (κ3) is 4.28. The number of halogens is 1. The van der Waals surface area contributed by atoms with Gasteiger partial charge in [0.15, 0.2) is 0 Å². The number of carbonyl (C=O) groups excluding carboxylic acids is 2. The standard InChI is InChI=1S/C28H28FN3O2/c1-20-10-12-21(13-11-20)26(32-19-22-6-2-3-7-23(22)28(32)34)18-27(33)31-16-14-30(15-17-31)25-9-5-4-8-24(25)29/h2-13,26H,14-19H2,1H3/t26-/m1/s1. The van der Waals surface area contributed by atoms with E-state index in [0.717, 1.165) is 16.7 Å². The van der Waals surface area contributed by atoms with E-state index in [1.807, 2.05) is 76.2 Å². The van der Waals surface area contributed by atoms with Crippen molar-refractivity contribution in [3.8, 4) is 0 Å². The summed E-state index contributed by atoms with van der Waals surface area (Å²) in [6, 6.07) is 22.1. The highest BCUT2D eigenvalue weighted by atomic mass is 19.1. The van der Waals surface area contributed by atoms with Crippen molar-refractivity contribution >= 4 is 17.5 Å². The fraction of sp³-hybridized carbons (Fsp3) is 0.286. The summed E-state index contributed by atoms with van der Waals surface area (Å²) in [5, 5.41) is 0. The average Bonchev–Trinajstić information content (AvgIpc) is 3.20. The van der Waals surface area contributed by atoms with Gasteiger partial charge in [0.2, 0.25) is 5.91 Å². The Morgan fingerprint density at radius 2 is 1.59 bits per heavy atom. The van der Waals surface area contributed by atoms with E-state index in [-0.39, 0.29) is 30.1 Å². The number of para-hydroxylation sites is 1. The minimum Gasteiger partial charge on any atom is -0.366 e. The lowest BCUT2D eigenvalue weighted by Gasteiger charge is -2.37. The van der Waals surface area contributed by atoms with E-state index >= 15 is 0 Å². The molecule has 3 aromatic carbocycles. The third-order valence-corrected chi connectivity index (χ3v) is 6.88. The van der Waals surface area contributed by atoms with Crippen LogP contribution in [0.4, 0.5) is 10.1 Å². The van der Waals surface area contributed by atoms with Gasteiger partial charge in [-0.05, 0) is 36.2 Å². The molecule has 0 bridgehead atoms. The molecule has 0 aromatic heterocycles. The SMILES string of the molecule is Cc1ccc([C@@H](CC(=O)N2CCN(c3ccccc3F)CC2)N2Cc3ccccc3C2=O)cc1. The molecule has 34 heavy (non-hydrogen) atoms. The van der Waals surface area contributed by atoms with Crippen molar-refractivity contribution in [2.24, 2.45) is 0 Å². The Hall–Kier alpha value is -3.67. The summed E-state index contributed by atoms with van der Waals surface area (Å²) < 4.78 is 14.2. The van der Waals surface area contributed by atoms with Crippen LogP contribution in [-0.4, -0.2) is 47.8 Å². The number of rotatable bonds is 5. The van der Waals surface area contributed by atoms with Gasteiger partial charge >= 0.3 is 0 Å². The van der Waals surface area contributed by atoms with E-state index in [9.17, 15) is 14.0 Å². The van der Waals surface area contributed by atoms with E-state index in [1.165, 1.54) is 6.07 Å². The van der Waals surface area contributed by atoms with E-state index in [2.05, 4.69) is 0 Å². The van der Waals surface area contributed by atoms with Crippen molar-refractivity contribution < 1.29 is 14.0 Å². The number of carbonyl (C=O) groups is 2. The molecule has 6 heteroatoms. The first-order valence-corrected chi connectivity index (χ1v) is 11.7. The molecule has 2 aliphatic rings. The van der Waals surface area contributed by atoms with Gasteiger partial charge in [-0.2, -0.15) is 0 Å². The molecule has 0 N–H and O–H groups in total. The van der Waals surface area contributed by atoms with Crippen LogP contribution >= 0.6 is 0 Å². The van der Waals surface area contributed by atoms with Crippen molar-refractivity contribution in [3.63, 3.8) is 0 Å². The second-order valence-corrected chi connectivity index (χ2v) is 9.04. The molecule has 0 radical (unpaired) electrons. The van der Waals surface area contributed by atoms with Crippen LogP contribution < -0.4 is 4.90 Å². The van der Waals surface area contributed by atoms with Gasteiger partial charge < -0.3 is 14.7 Å². The molecule has 2 amide bonds. The Balaban J connectivity index is 1.32. The lowest BCUT2D eigenvalue weighted by molar-refractivity contribution is -0.132. The van der Waals surface area contributed by atoms with Crippen LogP contribution in [0.1, 0.15) is 39.5 Å². The van der Waals surface area contributed by atoms with Gasteiger partial charge in [-0.25, -0.2) is 4.39 Å². The number of hydrogen-bond acceptors (Lipinski definition) is 3. The molecule has 0 unspecified atom stereocenters. The average molecular weight is 458 g/mol. The summed E-state index contributed by atoms with van der Waals surface area (Å²) in [5.74, 6) is -0.255. The molecule has 1 atom stereocenters. The smallest absolute Gasteiger partial charge is 0.255 e. The Bertz CT molecular complexity index is 1200. The summed E-state index contributed by atoms with van der Waals surface area (Å²) in [4.78, 5) is 32.3. The lowest BCUT2D eigenvalue weighted by Crippen LogP contribution is -2.49. The molecule has 3 aromatic rings. The Morgan fingerprint density at radius 1 is 0.912 bits per heavy atom. The van der Waals surface area contributed by atoms with E-state index in [0.29, 0.717) is 44.0 Å². The first-order chi connectivity index (χ1) is 16.5. The van der Waals surface area contributed by atoms with Crippen molar-refractivity contribution in [1.29, 1.82) is 0 Å². The quantitative estimate of drug-likeness (QED) is 0.564. The maximum Gasteiger partial charge on any atom is 0.255 e.